The molecule has 5 heteroatoms. The molecular weight excluding hydrogens is 304 g/mol. The van der Waals surface area contributed by atoms with Gasteiger partial charge < -0.3 is 9.64 Å². The summed E-state index contributed by atoms with van der Waals surface area (Å²) in [5.41, 5.74) is 0.453. The van der Waals surface area contributed by atoms with E-state index in [0.717, 1.165) is 13.0 Å². The van der Waals surface area contributed by atoms with Crippen LogP contribution in [0.25, 0.3) is 0 Å². The van der Waals surface area contributed by atoms with Crippen molar-refractivity contribution in [1.29, 1.82) is 5.26 Å². The summed E-state index contributed by atoms with van der Waals surface area (Å²) in [7, 11) is 4.03. The van der Waals surface area contributed by atoms with Gasteiger partial charge in [-0.15, -0.1) is 0 Å². The highest BCUT2D eigenvalue weighted by Gasteiger charge is 2.09. The molecule has 1 aromatic carbocycles. The Hall–Kier alpha value is -0.760. The van der Waals surface area contributed by atoms with Crippen molar-refractivity contribution in [3.05, 3.63) is 27.2 Å². The van der Waals surface area contributed by atoms with Crippen LogP contribution in [0, 0.1) is 11.3 Å². The summed E-state index contributed by atoms with van der Waals surface area (Å²) in [6.45, 7) is 1.53. The molecule has 0 saturated heterocycles. The second-order valence-corrected chi connectivity index (χ2v) is 5.17. The summed E-state index contributed by atoms with van der Waals surface area (Å²) < 4.78 is 6.32. The average molecular weight is 318 g/mol. The van der Waals surface area contributed by atoms with Crippen LogP contribution >= 0.6 is 27.5 Å². The molecule has 0 aliphatic carbocycles. The van der Waals surface area contributed by atoms with Gasteiger partial charge in [0.1, 0.15) is 6.07 Å². The molecule has 1 rings (SSSR count). The molecule has 0 bridgehead atoms. The minimum atomic E-state index is 0.453. The zero-order valence-corrected chi connectivity index (χ0v) is 12.2. The number of nitriles is 1. The Balaban J connectivity index is 2.68. The molecule has 0 aliphatic heterocycles. The van der Waals surface area contributed by atoms with Gasteiger partial charge >= 0.3 is 0 Å². The van der Waals surface area contributed by atoms with Gasteiger partial charge in [0.15, 0.2) is 5.75 Å². The van der Waals surface area contributed by atoms with Crippen LogP contribution in [-0.2, 0) is 0 Å². The van der Waals surface area contributed by atoms with Crippen molar-refractivity contribution in [3.8, 4) is 11.8 Å². The van der Waals surface area contributed by atoms with Crippen LogP contribution in [0.5, 0.6) is 5.75 Å². The molecule has 1 aromatic rings. The summed E-state index contributed by atoms with van der Waals surface area (Å²) >= 11 is 9.21. The molecule has 3 nitrogen and oxygen atoms in total. The van der Waals surface area contributed by atoms with Crippen LogP contribution in [0.1, 0.15) is 12.0 Å². The van der Waals surface area contributed by atoms with Crippen molar-refractivity contribution in [3.63, 3.8) is 0 Å². The highest BCUT2D eigenvalue weighted by Crippen LogP contribution is 2.32. The molecule has 0 aliphatic rings. The Morgan fingerprint density at radius 3 is 2.76 bits per heavy atom. The van der Waals surface area contributed by atoms with Crippen LogP contribution in [0.3, 0.4) is 0 Å². The molecule has 0 atom stereocenters. The van der Waals surface area contributed by atoms with Crippen LogP contribution in [-0.4, -0.2) is 32.1 Å². The van der Waals surface area contributed by atoms with Gasteiger partial charge in [0.2, 0.25) is 0 Å². The van der Waals surface area contributed by atoms with E-state index >= 15 is 0 Å². The fraction of sp³-hybridized carbons (Fsp3) is 0.417. The van der Waals surface area contributed by atoms with E-state index in [1.165, 1.54) is 0 Å². The molecule has 0 fully saturated rings. The fourth-order valence-electron chi connectivity index (χ4n) is 1.35. The standard InChI is InChI=1S/C12H14BrClN2O/c1-16(2)4-3-5-17-12-9(8-15)6-10(14)7-11(12)13/h6-7H,3-5H2,1-2H3. The molecule has 0 radical (unpaired) electrons. The first-order valence-electron chi connectivity index (χ1n) is 5.21. The third kappa shape index (κ3) is 4.55. The lowest BCUT2D eigenvalue weighted by molar-refractivity contribution is 0.279. The Morgan fingerprint density at radius 2 is 2.18 bits per heavy atom. The number of nitrogens with zero attached hydrogens (tertiary/aromatic N) is 2. The van der Waals surface area contributed by atoms with E-state index in [0.29, 0.717) is 27.4 Å². The molecule has 0 aromatic heterocycles. The van der Waals surface area contributed by atoms with Gasteiger partial charge in [-0.25, -0.2) is 0 Å². The zero-order valence-electron chi connectivity index (χ0n) is 9.83. The number of halogens is 2. The van der Waals surface area contributed by atoms with Crippen molar-refractivity contribution in [1.82, 2.24) is 4.90 Å². The first-order valence-corrected chi connectivity index (χ1v) is 6.38. The maximum Gasteiger partial charge on any atom is 0.151 e. The van der Waals surface area contributed by atoms with Crippen molar-refractivity contribution in [2.24, 2.45) is 0 Å². The number of rotatable bonds is 5. The molecule has 0 unspecified atom stereocenters. The molecule has 0 amide bonds. The van der Waals surface area contributed by atoms with Gasteiger partial charge in [0.25, 0.3) is 0 Å². The monoisotopic (exact) mass is 316 g/mol. The van der Waals surface area contributed by atoms with E-state index in [1.54, 1.807) is 12.1 Å². The number of hydrogen-bond acceptors (Lipinski definition) is 3. The highest BCUT2D eigenvalue weighted by atomic mass is 79.9. The number of benzene rings is 1. The van der Waals surface area contributed by atoms with Crippen LogP contribution in [0.4, 0.5) is 0 Å². The van der Waals surface area contributed by atoms with E-state index in [2.05, 4.69) is 26.9 Å². The maximum absolute atomic E-state index is 8.99. The minimum Gasteiger partial charge on any atom is -0.491 e. The van der Waals surface area contributed by atoms with Crippen molar-refractivity contribution < 1.29 is 4.74 Å². The lowest BCUT2D eigenvalue weighted by atomic mass is 10.2. The Kier molecular flexibility index (Phi) is 5.76. The molecule has 0 saturated carbocycles. The first kappa shape index (κ1) is 14.3. The van der Waals surface area contributed by atoms with Gasteiger partial charge in [0.05, 0.1) is 16.6 Å². The summed E-state index contributed by atoms with van der Waals surface area (Å²) in [4.78, 5) is 2.09. The summed E-state index contributed by atoms with van der Waals surface area (Å²) in [6.07, 6.45) is 0.910. The zero-order chi connectivity index (χ0) is 12.8. The molecule has 17 heavy (non-hydrogen) atoms. The van der Waals surface area contributed by atoms with E-state index in [-0.39, 0.29) is 0 Å². The van der Waals surface area contributed by atoms with Crippen LogP contribution in [0.15, 0.2) is 16.6 Å². The quantitative estimate of drug-likeness (QED) is 0.782. The second kappa shape index (κ2) is 6.85. The molecule has 0 N–H and O–H groups in total. The predicted molar refractivity (Wildman–Crippen MR) is 72.5 cm³/mol. The smallest absolute Gasteiger partial charge is 0.151 e. The van der Waals surface area contributed by atoms with Crippen molar-refractivity contribution in [2.75, 3.05) is 27.2 Å². The predicted octanol–water partition coefficient (Wildman–Crippen LogP) is 3.30. The van der Waals surface area contributed by atoms with Crippen molar-refractivity contribution in [2.45, 2.75) is 6.42 Å². The first-order chi connectivity index (χ1) is 8.04. The lowest BCUT2D eigenvalue weighted by Gasteiger charge is -2.12. The molecule has 92 valence electrons. The maximum atomic E-state index is 8.99. The van der Waals surface area contributed by atoms with Gasteiger partial charge in [-0.05, 0) is 48.6 Å². The van der Waals surface area contributed by atoms with Gasteiger partial charge in [-0.1, -0.05) is 11.6 Å². The number of ether oxygens (including phenoxy) is 1. The van der Waals surface area contributed by atoms with E-state index in [9.17, 15) is 0 Å². The molecular formula is C12H14BrClN2O. The summed E-state index contributed by atoms with van der Waals surface area (Å²) in [5, 5.41) is 9.52. The van der Waals surface area contributed by atoms with Gasteiger partial charge in [0, 0.05) is 11.6 Å². The van der Waals surface area contributed by atoms with E-state index < -0.39 is 0 Å². The Morgan fingerprint density at radius 1 is 1.47 bits per heavy atom. The lowest BCUT2D eigenvalue weighted by Crippen LogP contribution is -2.15. The van der Waals surface area contributed by atoms with Crippen LogP contribution < -0.4 is 4.74 Å². The SMILES string of the molecule is CN(C)CCCOc1c(Br)cc(Cl)cc1C#N. The third-order valence-corrected chi connectivity index (χ3v) is 2.93. The fourth-order valence-corrected chi connectivity index (χ4v) is 2.27. The Bertz CT molecular complexity index is 429. The van der Waals surface area contributed by atoms with Crippen LogP contribution in [0.2, 0.25) is 5.02 Å². The van der Waals surface area contributed by atoms with E-state index in [1.807, 2.05) is 14.1 Å². The minimum absolute atomic E-state index is 0.453. The Labute approximate surface area is 115 Å². The topological polar surface area (TPSA) is 36.3 Å². The third-order valence-electron chi connectivity index (χ3n) is 2.12. The number of hydrogen-bond donors (Lipinski definition) is 0. The molecule has 0 heterocycles. The normalized spacial score (nSPS) is 10.4. The second-order valence-electron chi connectivity index (χ2n) is 3.88. The molecule has 0 spiro atoms. The van der Waals surface area contributed by atoms with Gasteiger partial charge in [-0.2, -0.15) is 5.26 Å². The van der Waals surface area contributed by atoms with Crippen molar-refractivity contribution >= 4 is 27.5 Å². The highest BCUT2D eigenvalue weighted by molar-refractivity contribution is 9.10. The average Bonchev–Trinajstić information content (AvgIpc) is 2.25. The van der Waals surface area contributed by atoms with E-state index in [4.69, 9.17) is 21.6 Å². The largest absolute Gasteiger partial charge is 0.491 e. The summed E-state index contributed by atoms with van der Waals surface area (Å²) in [6, 6.07) is 5.41. The van der Waals surface area contributed by atoms with Gasteiger partial charge in [-0.3, -0.25) is 0 Å². The summed E-state index contributed by atoms with van der Waals surface area (Å²) in [5.74, 6) is 0.565.